The first-order chi connectivity index (χ1) is 22.7. The number of piperazine rings is 1. The van der Waals surface area contributed by atoms with E-state index in [0.29, 0.717) is 37.6 Å². The van der Waals surface area contributed by atoms with Crippen molar-refractivity contribution in [2.75, 3.05) is 37.6 Å². The molecule has 4 N–H and O–H groups in total. The number of hydrogen-bond acceptors (Lipinski definition) is 9. The van der Waals surface area contributed by atoms with Crippen LogP contribution in [0.1, 0.15) is 61.8 Å². The molecule has 4 atom stereocenters. The molecule has 0 bridgehead atoms. The molecule has 0 unspecified atom stereocenters. The van der Waals surface area contributed by atoms with Crippen LogP contribution < -0.4 is 15.5 Å². The predicted molar refractivity (Wildman–Crippen MR) is 182 cm³/mol. The molecular formula is C34H43N7O6S. The molecule has 48 heavy (non-hydrogen) atoms. The number of aliphatic hydroxyl groups is 1. The Bertz CT molecular complexity index is 1650. The topological polar surface area (TPSA) is 168 Å². The zero-order valence-electron chi connectivity index (χ0n) is 27.8. The molecule has 2 fully saturated rings. The fraction of sp³-hybridized carbons (Fsp3) is 0.471. The number of aliphatic hydroxyl groups excluding tert-OH is 1. The summed E-state index contributed by atoms with van der Waals surface area (Å²) in [6, 6.07) is 8.82. The molecule has 13 nitrogen and oxygen atoms in total. The van der Waals surface area contributed by atoms with Gasteiger partial charge in [-0.05, 0) is 42.5 Å². The van der Waals surface area contributed by atoms with Gasteiger partial charge in [0, 0.05) is 50.9 Å². The smallest absolute Gasteiger partial charge is 0.407 e. The van der Waals surface area contributed by atoms with Gasteiger partial charge in [0.25, 0.3) is 5.91 Å². The third kappa shape index (κ3) is 7.76. The normalized spacial score (nSPS) is 19.5. The molecule has 2 aliphatic rings. The minimum Gasteiger partial charge on any atom is -0.465 e. The molecule has 14 heteroatoms. The standard InChI is InChI=1S/C34H43N7O6S/c1-20(22-6-8-23(9-7-22)28-21(2)36-19-48-28)37-31(44)26-17-25(42)18-41(26)32(45)29(34(3,4)5)38-30(43)24-10-11-35-27(16-24)39-12-14-40(15-13-39)33(46)47/h6-11,16,19-20,25-26,29,42H,12-15,17-18H2,1-5H3,(H,37,44)(H,38,43)(H,46,47)/t20-,25+,26-,29+/m0/s1. The lowest BCUT2D eigenvalue weighted by Crippen LogP contribution is -2.57. The van der Waals surface area contributed by atoms with Gasteiger partial charge in [0.2, 0.25) is 11.8 Å². The van der Waals surface area contributed by atoms with Crippen molar-refractivity contribution in [1.29, 1.82) is 0 Å². The summed E-state index contributed by atoms with van der Waals surface area (Å²) in [6.45, 7) is 10.8. The second kappa shape index (κ2) is 14.3. The second-order valence-corrected chi connectivity index (χ2v) is 14.3. The van der Waals surface area contributed by atoms with Gasteiger partial charge in [0.05, 0.1) is 28.2 Å². The van der Waals surface area contributed by atoms with E-state index in [9.17, 15) is 29.4 Å². The van der Waals surface area contributed by atoms with Gasteiger partial charge in [-0.2, -0.15) is 0 Å². The largest absolute Gasteiger partial charge is 0.465 e. The molecule has 0 aliphatic carbocycles. The highest BCUT2D eigenvalue weighted by Gasteiger charge is 2.44. The minimum atomic E-state index is -0.999. The fourth-order valence-corrected chi connectivity index (χ4v) is 6.90. The van der Waals surface area contributed by atoms with Crippen LogP contribution in [0.5, 0.6) is 0 Å². The van der Waals surface area contributed by atoms with Gasteiger partial charge in [0.1, 0.15) is 17.9 Å². The van der Waals surface area contributed by atoms with Crippen molar-refractivity contribution in [3.05, 3.63) is 64.9 Å². The van der Waals surface area contributed by atoms with E-state index in [4.69, 9.17) is 0 Å². The quantitative estimate of drug-likeness (QED) is 0.280. The van der Waals surface area contributed by atoms with Gasteiger partial charge in [-0.25, -0.2) is 14.8 Å². The van der Waals surface area contributed by atoms with Crippen molar-refractivity contribution in [2.24, 2.45) is 5.41 Å². The van der Waals surface area contributed by atoms with E-state index in [1.165, 1.54) is 16.0 Å². The van der Waals surface area contributed by atoms with E-state index in [-0.39, 0.29) is 24.9 Å². The number of anilines is 1. The Hall–Kier alpha value is -4.56. The summed E-state index contributed by atoms with van der Waals surface area (Å²) >= 11 is 1.57. The van der Waals surface area contributed by atoms with Crippen LogP contribution in [0.4, 0.5) is 10.6 Å². The van der Waals surface area contributed by atoms with E-state index >= 15 is 0 Å². The number of nitrogens with zero attached hydrogens (tertiary/aromatic N) is 5. The number of hydrogen-bond donors (Lipinski definition) is 4. The number of nitrogens with one attached hydrogen (secondary N) is 2. The van der Waals surface area contributed by atoms with E-state index in [1.54, 1.807) is 23.5 Å². The number of carbonyl (C=O) groups is 4. The third-order valence-electron chi connectivity index (χ3n) is 8.91. The first-order valence-corrected chi connectivity index (χ1v) is 16.9. The Morgan fingerprint density at radius 3 is 2.29 bits per heavy atom. The van der Waals surface area contributed by atoms with Crippen molar-refractivity contribution in [3.63, 3.8) is 0 Å². The number of carbonyl (C=O) groups excluding carboxylic acids is 3. The molecule has 2 saturated heterocycles. The number of amides is 4. The first kappa shape index (κ1) is 34.8. The molecule has 3 aromatic rings. The van der Waals surface area contributed by atoms with Gasteiger partial charge < -0.3 is 35.5 Å². The monoisotopic (exact) mass is 677 g/mol. The number of likely N-dealkylation sites (tertiary alicyclic amines) is 1. The van der Waals surface area contributed by atoms with Crippen LogP contribution in [-0.2, 0) is 9.59 Å². The number of thiazole rings is 1. The Morgan fingerprint density at radius 1 is 1.00 bits per heavy atom. The average molecular weight is 678 g/mol. The van der Waals surface area contributed by atoms with Crippen LogP contribution in [0.15, 0.2) is 48.1 Å². The summed E-state index contributed by atoms with van der Waals surface area (Å²) < 4.78 is 0. The maximum atomic E-state index is 14.1. The van der Waals surface area contributed by atoms with Crippen LogP contribution in [0.2, 0.25) is 0 Å². The van der Waals surface area contributed by atoms with Crippen molar-refractivity contribution >= 4 is 41.0 Å². The molecule has 2 aliphatic heterocycles. The van der Waals surface area contributed by atoms with Gasteiger partial charge in [0.15, 0.2) is 0 Å². The Balaban J connectivity index is 1.26. The number of benzene rings is 1. The Labute approximate surface area is 284 Å². The van der Waals surface area contributed by atoms with Crippen molar-refractivity contribution in [3.8, 4) is 10.4 Å². The van der Waals surface area contributed by atoms with E-state index < -0.39 is 41.5 Å². The number of rotatable bonds is 8. The number of β-amino-alcohol motifs (C(OH)–C–C–N with tert-alkyl or cyclic N) is 1. The lowest BCUT2D eigenvalue weighted by molar-refractivity contribution is -0.142. The van der Waals surface area contributed by atoms with Crippen LogP contribution >= 0.6 is 11.3 Å². The zero-order chi connectivity index (χ0) is 34.7. The molecule has 4 amide bonds. The molecule has 0 radical (unpaired) electrons. The first-order valence-electron chi connectivity index (χ1n) is 16.0. The molecule has 0 saturated carbocycles. The van der Waals surface area contributed by atoms with Crippen LogP contribution in [0, 0.1) is 12.3 Å². The van der Waals surface area contributed by atoms with Crippen molar-refractivity contribution in [2.45, 2.75) is 65.3 Å². The summed E-state index contributed by atoms with van der Waals surface area (Å²) in [5, 5.41) is 25.7. The molecule has 2 aromatic heterocycles. The molecule has 4 heterocycles. The van der Waals surface area contributed by atoms with Gasteiger partial charge in [-0.3, -0.25) is 14.4 Å². The average Bonchev–Trinajstić information content (AvgIpc) is 3.68. The molecule has 256 valence electrons. The lowest BCUT2D eigenvalue weighted by atomic mass is 9.85. The Kier molecular flexibility index (Phi) is 10.3. The summed E-state index contributed by atoms with van der Waals surface area (Å²) in [4.78, 5) is 66.9. The minimum absolute atomic E-state index is 0.0294. The summed E-state index contributed by atoms with van der Waals surface area (Å²) in [6.07, 6.45) is -0.265. The Morgan fingerprint density at radius 2 is 1.69 bits per heavy atom. The van der Waals surface area contributed by atoms with Crippen LogP contribution in [-0.4, -0.2) is 105 Å². The van der Waals surface area contributed by atoms with Gasteiger partial charge in [-0.15, -0.1) is 11.3 Å². The SMILES string of the molecule is Cc1ncsc1-c1ccc([C@H](C)NC(=O)[C@@H]2C[C@@H](O)CN2C(=O)[C@@H](NC(=O)c2ccnc(N3CCN(C(=O)O)CC3)c2)C(C)(C)C)cc1. The molecule has 1 aromatic carbocycles. The highest BCUT2D eigenvalue weighted by Crippen LogP contribution is 2.30. The van der Waals surface area contributed by atoms with Gasteiger partial charge in [-0.1, -0.05) is 45.0 Å². The van der Waals surface area contributed by atoms with E-state index in [1.807, 2.05) is 69.3 Å². The molecular weight excluding hydrogens is 634 g/mol. The number of pyridine rings is 1. The summed E-state index contributed by atoms with van der Waals surface area (Å²) in [7, 11) is 0. The van der Waals surface area contributed by atoms with Crippen molar-refractivity contribution < 1.29 is 29.4 Å². The van der Waals surface area contributed by atoms with Gasteiger partial charge >= 0.3 is 6.09 Å². The number of carboxylic acid groups (broad SMARTS) is 1. The highest BCUT2D eigenvalue weighted by atomic mass is 32.1. The van der Waals surface area contributed by atoms with E-state index in [2.05, 4.69) is 20.6 Å². The molecule has 0 spiro atoms. The fourth-order valence-electron chi connectivity index (χ4n) is 6.09. The van der Waals surface area contributed by atoms with Crippen molar-refractivity contribution in [1.82, 2.24) is 30.4 Å². The van der Waals surface area contributed by atoms with Crippen LogP contribution in [0.3, 0.4) is 0 Å². The maximum absolute atomic E-state index is 14.1. The predicted octanol–water partition coefficient (Wildman–Crippen LogP) is 3.30. The summed E-state index contributed by atoms with van der Waals surface area (Å²) in [5.74, 6) is -0.783. The lowest BCUT2D eigenvalue weighted by Gasteiger charge is -2.36. The third-order valence-corrected chi connectivity index (χ3v) is 9.89. The number of aromatic nitrogens is 2. The highest BCUT2D eigenvalue weighted by molar-refractivity contribution is 7.13. The van der Waals surface area contributed by atoms with Crippen LogP contribution in [0.25, 0.3) is 10.4 Å². The maximum Gasteiger partial charge on any atom is 0.407 e. The molecule has 5 rings (SSSR count). The van der Waals surface area contributed by atoms with E-state index in [0.717, 1.165) is 21.7 Å². The second-order valence-electron chi connectivity index (χ2n) is 13.4. The summed E-state index contributed by atoms with van der Waals surface area (Å²) in [5.41, 5.74) is 4.28. The zero-order valence-corrected chi connectivity index (χ0v) is 28.7. The number of aryl methyl sites for hydroxylation is 1.